The van der Waals surface area contributed by atoms with Crippen molar-refractivity contribution in [1.82, 2.24) is 4.90 Å². The predicted molar refractivity (Wildman–Crippen MR) is 151 cm³/mol. The summed E-state index contributed by atoms with van der Waals surface area (Å²) in [4.78, 5) is 52.4. The standard InChI is InChI=1S/C29H31N3O6S/c30-24(29(37)38)15-16-26(33)32(17-20-11-13-22(14-12-20)21-7-3-1-4-8-21)25(19-39)28(36)31(18-27(34)35)23-9-5-2-6-10-23/h1-14,24-25,39H,15-19,30H2,(H,34,35)(H,37,38)/t24-,25-/m0/s1. The van der Waals surface area contributed by atoms with Gasteiger partial charge in [0.25, 0.3) is 5.91 Å². The van der Waals surface area contributed by atoms with Gasteiger partial charge in [0, 0.05) is 24.4 Å². The quantitative estimate of drug-likeness (QED) is 0.240. The Morgan fingerprint density at radius 2 is 1.38 bits per heavy atom. The summed E-state index contributed by atoms with van der Waals surface area (Å²) in [5.41, 5.74) is 8.71. The van der Waals surface area contributed by atoms with Crippen LogP contribution in [0.15, 0.2) is 84.9 Å². The molecule has 4 N–H and O–H groups in total. The molecule has 0 bridgehead atoms. The van der Waals surface area contributed by atoms with Crippen LogP contribution in [0.5, 0.6) is 0 Å². The second kappa shape index (κ2) is 14.1. The van der Waals surface area contributed by atoms with Crippen LogP contribution in [0.3, 0.4) is 0 Å². The molecule has 0 aliphatic heterocycles. The monoisotopic (exact) mass is 549 g/mol. The third kappa shape index (κ3) is 8.17. The van der Waals surface area contributed by atoms with E-state index in [0.29, 0.717) is 5.69 Å². The number of thiol groups is 1. The SMILES string of the molecule is N[C@@H](CCC(=O)N(Cc1ccc(-c2ccccc2)cc1)[C@@H](CS)C(=O)N(CC(=O)O)c1ccccc1)C(=O)O. The molecule has 0 radical (unpaired) electrons. The highest BCUT2D eigenvalue weighted by Gasteiger charge is 2.34. The zero-order valence-electron chi connectivity index (χ0n) is 21.2. The van der Waals surface area contributed by atoms with E-state index in [-0.39, 0.29) is 25.1 Å². The van der Waals surface area contributed by atoms with E-state index in [0.717, 1.165) is 21.6 Å². The number of anilines is 1. The molecule has 0 aliphatic rings. The molecule has 2 atom stereocenters. The molecule has 0 heterocycles. The van der Waals surface area contributed by atoms with Crippen LogP contribution in [0.25, 0.3) is 11.1 Å². The number of carboxylic acid groups (broad SMARTS) is 2. The number of nitrogens with two attached hydrogens (primary N) is 1. The number of hydrogen-bond donors (Lipinski definition) is 4. The lowest BCUT2D eigenvalue weighted by Crippen LogP contribution is -2.53. The van der Waals surface area contributed by atoms with Crippen molar-refractivity contribution in [3.8, 4) is 11.1 Å². The number of hydrogen-bond acceptors (Lipinski definition) is 6. The van der Waals surface area contributed by atoms with Crippen LogP contribution in [0.4, 0.5) is 5.69 Å². The molecule has 0 aliphatic carbocycles. The van der Waals surface area contributed by atoms with Gasteiger partial charge in [0.1, 0.15) is 18.6 Å². The fourth-order valence-electron chi connectivity index (χ4n) is 4.08. The Balaban J connectivity index is 1.92. The first-order chi connectivity index (χ1) is 18.7. The average Bonchev–Trinajstić information content (AvgIpc) is 2.95. The Morgan fingerprint density at radius 3 is 1.92 bits per heavy atom. The van der Waals surface area contributed by atoms with Crippen molar-refractivity contribution in [3.63, 3.8) is 0 Å². The van der Waals surface area contributed by atoms with Gasteiger partial charge in [0.15, 0.2) is 0 Å². The van der Waals surface area contributed by atoms with Crippen molar-refractivity contribution >= 4 is 42.1 Å². The zero-order chi connectivity index (χ0) is 28.4. The Bertz CT molecular complexity index is 1270. The molecule has 10 heteroatoms. The summed E-state index contributed by atoms with van der Waals surface area (Å²) in [5.74, 6) is -3.64. The van der Waals surface area contributed by atoms with Crippen LogP contribution >= 0.6 is 12.6 Å². The fourth-order valence-corrected chi connectivity index (χ4v) is 4.43. The smallest absolute Gasteiger partial charge is 0.323 e. The number of amides is 2. The number of carbonyl (C=O) groups excluding carboxylic acids is 2. The van der Waals surface area contributed by atoms with Gasteiger partial charge in [-0.2, -0.15) is 12.6 Å². The lowest BCUT2D eigenvalue weighted by molar-refractivity contribution is -0.141. The Morgan fingerprint density at radius 1 is 0.821 bits per heavy atom. The number of aliphatic carboxylic acids is 2. The van der Waals surface area contributed by atoms with Gasteiger partial charge in [-0.15, -0.1) is 0 Å². The maximum Gasteiger partial charge on any atom is 0.323 e. The minimum absolute atomic E-state index is 0.0306. The molecule has 0 fully saturated rings. The molecule has 3 aromatic rings. The van der Waals surface area contributed by atoms with E-state index >= 15 is 0 Å². The van der Waals surface area contributed by atoms with Crippen molar-refractivity contribution in [3.05, 3.63) is 90.5 Å². The van der Waals surface area contributed by atoms with Gasteiger partial charge in [0.2, 0.25) is 5.91 Å². The van der Waals surface area contributed by atoms with Gasteiger partial charge in [-0.3, -0.25) is 24.1 Å². The lowest BCUT2D eigenvalue weighted by atomic mass is 10.0. The van der Waals surface area contributed by atoms with Gasteiger partial charge in [-0.25, -0.2) is 0 Å². The fraction of sp³-hybridized carbons (Fsp3) is 0.241. The molecule has 0 saturated carbocycles. The van der Waals surface area contributed by atoms with Crippen LogP contribution in [-0.4, -0.2) is 63.2 Å². The van der Waals surface area contributed by atoms with E-state index in [1.165, 1.54) is 4.90 Å². The largest absolute Gasteiger partial charge is 0.480 e. The third-order valence-corrected chi connectivity index (χ3v) is 6.53. The number of benzene rings is 3. The van der Waals surface area contributed by atoms with E-state index in [1.807, 2.05) is 54.6 Å². The third-order valence-electron chi connectivity index (χ3n) is 6.18. The van der Waals surface area contributed by atoms with Gasteiger partial charge in [0.05, 0.1) is 0 Å². The summed E-state index contributed by atoms with van der Waals surface area (Å²) >= 11 is 4.35. The van der Waals surface area contributed by atoms with Gasteiger partial charge >= 0.3 is 11.9 Å². The Hall–Kier alpha value is -4.15. The highest BCUT2D eigenvalue weighted by atomic mass is 32.1. The van der Waals surface area contributed by atoms with E-state index < -0.39 is 42.4 Å². The minimum atomic E-state index is -1.24. The molecule has 0 spiro atoms. The maximum absolute atomic E-state index is 13.7. The summed E-state index contributed by atoms with van der Waals surface area (Å²) in [6.45, 7) is -0.576. The normalized spacial score (nSPS) is 12.3. The molecule has 0 unspecified atom stereocenters. The molecule has 204 valence electrons. The maximum atomic E-state index is 13.7. The van der Waals surface area contributed by atoms with Crippen LogP contribution in [-0.2, 0) is 25.7 Å². The Labute approximate surface area is 232 Å². The van der Waals surface area contributed by atoms with E-state index in [2.05, 4.69) is 12.6 Å². The Kier molecular flexibility index (Phi) is 10.7. The van der Waals surface area contributed by atoms with Crippen LogP contribution in [0, 0.1) is 0 Å². The van der Waals surface area contributed by atoms with Gasteiger partial charge in [-0.1, -0.05) is 72.8 Å². The lowest BCUT2D eigenvalue weighted by Gasteiger charge is -2.34. The second-order valence-electron chi connectivity index (χ2n) is 8.92. The summed E-state index contributed by atoms with van der Waals surface area (Å²) < 4.78 is 0. The molecule has 9 nitrogen and oxygen atoms in total. The van der Waals surface area contributed by atoms with Gasteiger partial charge in [-0.05, 0) is 35.2 Å². The van der Waals surface area contributed by atoms with E-state index in [9.17, 15) is 24.3 Å². The summed E-state index contributed by atoms with van der Waals surface area (Å²) in [6.07, 6.45) is -0.333. The number of carbonyl (C=O) groups is 4. The molecular weight excluding hydrogens is 518 g/mol. The molecule has 39 heavy (non-hydrogen) atoms. The number of carboxylic acids is 2. The van der Waals surface area contributed by atoms with Crippen LogP contribution in [0.2, 0.25) is 0 Å². The molecule has 3 rings (SSSR count). The highest BCUT2D eigenvalue weighted by Crippen LogP contribution is 2.23. The molecule has 0 aromatic heterocycles. The van der Waals surface area contributed by atoms with E-state index in [4.69, 9.17) is 10.8 Å². The van der Waals surface area contributed by atoms with Crippen molar-refractivity contribution in [2.75, 3.05) is 17.2 Å². The molecule has 0 saturated heterocycles. The van der Waals surface area contributed by atoms with Crippen molar-refractivity contribution in [1.29, 1.82) is 0 Å². The van der Waals surface area contributed by atoms with Gasteiger partial charge < -0.3 is 20.8 Å². The number of para-hydroxylation sites is 1. The van der Waals surface area contributed by atoms with Crippen molar-refractivity contribution in [2.24, 2.45) is 5.73 Å². The number of rotatable bonds is 13. The molecule has 2 amide bonds. The van der Waals surface area contributed by atoms with Crippen molar-refractivity contribution in [2.45, 2.75) is 31.5 Å². The predicted octanol–water partition coefficient (Wildman–Crippen LogP) is 3.29. The summed E-state index contributed by atoms with van der Waals surface area (Å²) in [6, 6.07) is 23.2. The van der Waals surface area contributed by atoms with Crippen molar-refractivity contribution < 1.29 is 29.4 Å². The van der Waals surface area contributed by atoms with Crippen LogP contribution in [0.1, 0.15) is 18.4 Å². The molecule has 3 aromatic carbocycles. The molecular formula is C29H31N3O6S. The number of nitrogens with zero attached hydrogens (tertiary/aromatic N) is 2. The second-order valence-corrected chi connectivity index (χ2v) is 9.29. The first kappa shape index (κ1) is 29.4. The first-order valence-electron chi connectivity index (χ1n) is 12.3. The summed E-state index contributed by atoms with van der Waals surface area (Å²) in [7, 11) is 0. The van der Waals surface area contributed by atoms with Crippen LogP contribution < -0.4 is 10.6 Å². The zero-order valence-corrected chi connectivity index (χ0v) is 22.1. The average molecular weight is 550 g/mol. The highest BCUT2D eigenvalue weighted by molar-refractivity contribution is 7.80. The minimum Gasteiger partial charge on any atom is -0.480 e. The van der Waals surface area contributed by atoms with E-state index in [1.54, 1.807) is 30.3 Å². The first-order valence-corrected chi connectivity index (χ1v) is 13.0. The topological polar surface area (TPSA) is 141 Å². The summed E-state index contributed by atoms with van der Waals surface area (Å²) in [5, 5.41) is 18.6.